The molecule has 1 heterocycles. The predicted octanol–water partition coefficient (Wildman–Crippen LogP) is 2.97. The van der Waals surface area contributed by atoms with Crippen molar-refractivity contribution in [3.8, 4) is 0 Å². The van der Waals surface area contributed by atoms with Gasteiger partial charge < -0.3 is 15.5 Å². The molecule has 7 nitrogen and oxygen atoms in total. The first kappa shape index (κ1) is 24.7. The molecule has 0 aliphatic carbocycles. The number of anilines is 1. The van der Waals surface area contributed by atoms with Crippen molar-refractivity contribution < 1.29 is 23.2 Å². The summed E-state index contributed by atoms with van der Waals surface area (Å²) in [6.45, 7) is 1.45. The number of hydrogen-bond donors (Lipinski definition) is 2. The van der Waals surface area contributed by atoms with Gasteiger partial charge >= 0.3 is 0 Å². The van der Waals surface area contributed by atoms with Crippen LogP contribution < -0.4 is 15.5 Å². The van der Waals surface area contributed by atoms with Crippen molar-refractivity contribution in [1.82, 2.24) is 10.6 Å². The molecule has 2 N–H and O–H groups in total. The van der Waals surface area contributed by atoms with Gasteiger partial charge in [-0.25, -0.2) is 13.8 Å². The Balaban J connectivity index is 1.53. The van der Waals surface area contributed by atoms with Gasteiger partial charge in [0.15, 0.2) is 0 Å². The Bertz CT molecular complexity index is 1320. The van der Waals surface area contributed by atoms with Crippen LogP contribution in [0.3, 0.4) is 0 Å². The summed E-state index contributed by atoms with van der Waals surface area (Å²) < 4.78 is 26.8. The minimum absolute atomic E-state index is 0.132. The fraction of sp³-hybridized carbons (Fsp3) is 0.185. The summed E-state index contributed by atoms with van der Waals surface area (Å²) in [4.78, 5) is 44.5. The van der Waals surface area contributed by atoms with Crippen LogP contribution in [0.4, 0.5) is 14.5 Å². The molecule has 0 saturated carbocycles. The van der Waals surface area contributed by atoms with Gasteiger partial charge in [0.05, 0.1) is 17.8 Å². The number of rotatable bonds is 6. The number of nitrogens with zero attached hydrogens (tertiary/aromatic N) is 2. The smallest absolute Gasteiger partial charge is 0.272 e. The van der Waals surface area contributed by atoms with Crippen molar-refractivity contribution in [3.63, 3.8) is 0 Å². The molecule has 3 amide bonds. The van der Waals surface area contributed by atoms with Crippen molar-refractivity contribution in [2.75, 3.05) is 11.9 Å². The first-order valence-electron chi connectivity index (χ1n) is 11.3. The van der Waals surface area contributed by atoms with E-state index < -0.39 is 41.6 Å². The van der Waals surface area contributed by atoms with Gasteiger partial charge in [0, 0.05) is 24.2 Å². The lowest BCUT2D eigenvalue weighted by Gasteiger charge is -2.22. The zero-order valence-corrected chi connectivity index (χ0v) is 19.7. The van der Waals surface area contributed by atoms with E-state index in [1.807, 2.05) is 48.5 Å². The van der Waals surface area contributed by atoms with Gasteiger partial charge in [-0.15, -0.1) is 0 Å². The number of nitrogens with one attached hydrogen (secondary N) is 2. The molecule has 184 valence electrons. The first-order chi connectivity index (χ1) is 17.2. The van der Waals surface area contributed by atoms with Gasteiger partial charge in [0.25, 0.3) is 5.91 Å². The van der Waals surface area contributed by atoms with E-state index in [-0.39, 0.29) is 12.0 Å². The highest BCUT2D eigenvalue weighted by atomic mass is 19.1. The topological polar surface area (TPSA) is 90.9 Å². The van der Waals surface area contributed by atoms with Crippen LogP contribution in [0.15, 0.2) is 77.8 Å². The number of carbonyl (C=O) groups excluding carboxylic acids is 3. The summed E-state index contributed by atoms with van der Waals surface area (Å²) in [6, 6.07) is 18.4. The zero-order chi connectivity index (χ0) is 25.8. The van der Waals surface area contributed by atoms with Crippen LogP contribution in [0.25, 0.3) is 0 Å². The lowest BCUT2D eigenvalue weighted by atomic mass is 10.0. The van der Waals surface area contributed by atoms with Gasteiger partial charge in [0.2, 0.25) is 18.0 Å². The largest absolute Gasteiger partial charge is 0.344 e. The molecule has 9 heteroatoms. The first-order valence-corrected chi connectivity index (χ1v) is 11.3. The summed E-state index contributed by atoms with van der Waals surface area (Å²) in [7, 11) is 1.60. The fourth-order valence-corrected chi connectivity index (χ4v) is 3.96. The van der Waals surface area contributed by atoms with Crippen molar-refractivity contribution in [2.24, 2.45) is 4.99 Å². The average molecular weight is 491 g/mol. The predicted molar refractivity (Wildman–Crippen MR) is 132 cm³/mol. The van der Waals surface area contributed by atoms with E-state index >= 15 is 0 Å². The summed E-state index contributed by atoms with van der Waals surface area (Å²) in [5.74, 6) is -3.29. The Labute approximate surface area is 206 Å². The molecule has 0 radical (unpaired) electrons. The number of halogens is 2. The molecule has 1 aliphatic rings. The molecule has 2 unspecified atom stereocenters. The van der Waals surface area contributed by atoms with Crippen LogP contribution in [0.2, 0.25) is 0 Å². The standard InChI is InChI=1S/C27H24F2N4O3/c1-16(30-23(34)14-17-12-19(28)15-20(29)13-17)26(35)32-25-27(36)33(2)22-11-7-6-10-21(22)24(31-25)18-8-4-3-5-9-18/h3-13,15-16,25H,14H2,1-2H3,(H,30,34)(H,32,35). The SMILES string of the molecule is CC(NC(=O)Cc1cc(F)cc(F)c1)C(=O)NC1N=C(c2ccccc2)c2ccccc2N(C)C1=O. The molecule has 36 heavy (non-hydrogen) atoms. The average Bonchev–Trinajstić information content (AvgIpc) is 2.94. The molecule has 0 saturated heterocycles. The highest BCUT2D eigenvalue weighted by Crippen LogP contribution is 2.27. The van der Waals surface area contributed by atoms with Crippen LogP contribution in [0, 0.1) is 11.6 Å². The number of benzodiazepines with no additional fused rings is 1. The highest BCUT2D eigenvalue weighted by Gasteiger charge is 2.32. The molecule has 4 rings (SSSR count). The second kappa shape index (κ2) is 10.5. The molecule has 0 fully saturated rings. The molecule has 0 spiro atoms. The number of carbonyl (C=O) groups is 3. The zero-order valence-electron chi connectivity index (χ0n) is 19.7. The Morgan fingerprint density at radius 1 is 1.00 bits per heavy atom. The van der Waals surface area contributed by atoms with Crippen molar-refractivity contribution in [1.29, 1.82) is 0 Å². The molecule has 2 atom stereocenters. The monoisotopic (exact) mass is 490 g/mol. The number of amides is 3. The van der Waals surface area contributed by atoms with E-state index in [9.17, 15) is 23.2 Å². The van der Waals surface area contributed by atoms with Gasteiger partial charge in [-0.2, -0.15) is 0 Å². The summed E-state index contributed by atoms with van der Waals surface area (Å²) >= 11 is 0. The van der Waals surface area contributed by atoms with E-state index in [0.717, 1.165) is 23.3 Å². The van der Waals surface area contributed by atoms with Crippen molar-refractivity contribution in [3.05, 3.63) is 101 Å². The van der Waals surface area contributed by atoms with Gasteiger partial charge in [-0.1, -0.05) is 48.5 Å². The van der Waals surface area contributed by atoms with Crippen molar-refractivity contribution in [2.45, 2.75) is 25.6 Å². The number of benzene rings is 3. The van der Waals surface area contributed by atoms with Crippen LogP contribution in [0.5, 0.6) is 0 Å². The third kappa shape index (κ3) is 5.46. The van der Waals surface area contributed by atoms with E-state index in [0.29, 0.717) is 17.5 Å². The summed E-state index contributed by atoms with van der Waals surface area (Å²) in [5, 5.41) is 5.10. The Hall–Kier alpha value is -4.40. The second-order valence-corrected chi connectivity index (χ2v) is 8.41. The number of fused-ring (bicyclic) bond motifs is 1. The molecule has 3 aromatic carbocycles. The maximum atomic E-state index is 13.4. The fourth-order valence-electron chi connectivity index (χ4n) is 3.96. The molecular formula is C27H24F2N4O3. The van der Waals surface area contributed by atoms with E-state index in [1.165, 1.54) is 11.8 Å². The maximum absolute atomic E-state index is 13.4. The highest BCUT2D eigenvalue weighted by molar-refractivity contribution is 6.20. The van der Waals surface area contributed by atoms with Gasteiger partial charge in [-0.05, 0) is 30.7 Å². The van der Waals surface area contributed by atoms with E-state index in [2.05, 4.69) is 15.6 Å². The minimum atomic E-state index is -1.23. The number of hydrogen-bond acceptors (Lipinski definition) is 4. The third-order valence-corrected chi connectivity index (χ3v) is 5.73. The molecule has 3 aromatic rings. The van der Waals surface area contributed by atoms with Gasteiger partial charge in [-0.3, -0.25) is 14.4 Å². The molecule has 0 aromatic heterocycles. The van der Waals surface area contributed by atoms with Crippen LogP contribution in [0.1, 0.15) is 23.6 Å². The molecule has 0 bridgehead atoms. The van der Waals surface area contributed by atoms with Crippen molar-refractivity contribution >= 4 is 29.1 Å². The van der Waals surface area contributed by atoms with E-state index in [1.54, 1.807) is 13.1 Å². The summed E-state index contributed by atoms with van der Waals surface area (Å²) in [5.41, 5.74) is 2.83. The third-order valence-electron chi connectivity index (χ3n) is 5.73. The van der Waals surface area contributed by atoms with E-state index in [4.69, 9.17) is 0 Å². The van der Waals surface area contributed by atoms with Crippen LogP contribution >= 0.6 is 0 Å². The maximum Gasteiger partial charge on any atom is 0.272 e. The molecule has 1 aliphatic heterocycles. The van der Waals surface area contributed by atoms with Crippen LogP contribution in [-0.4, -0.2) is 42.7 Å². The normalized spacial score (nSPS) is 15.9. The number of para-hydroxylation sites is 1. The molecular weight excluding hydrogens is 466 g/mol. The second-order valence-electron chi connectivity index (χ2n) is 8.41. The Morgan fingerprint density at radius 2 is 1.64 bits per heavy atom. The quantitative estimate of drug-likeness (QED) is 0.557. The number of likely N-dealkylation sites (N-methyl/N-ethyl adjacent to an activating group) is 1. The summed E-state index contributed by atoms with van der Waals surface area (Å²) in [6.07, 6.45) is -1.55. The van der Waals surface area contributed by atoms with Gasteiger partial charge in [0.1, 0.15) is 17.7 Å². The Morgan fingerprint density at radius 3 is 2.33 bits per heavy atom. The lowest BCUT2D eigenvalue weighted by Crippen LogP contribution is -2.52. The Kier molecular flexibility index (Phi) is 7.19. The minimum Gasteiger partial charge on any atom is -0.344 e. The van der Waals surface area contributed by atoms with Crippen LogP contribution in [-0.2, 0) is 20.8 Å². The lowest BCUT2D eigenvalue weighted by molar-refractivity contribution is -0.130. The number of aliphatic imine (C=N–C) groups is 1.